The third-order valence-electron chi connectivity index (χ3n) is 7.76. The molecule has 1 heterocycles. The molecule has 1 N–H and O–H groups in total. The molecule has 0 spiro atoms. The molecule has 29 heavy (non-hydrogen) atoms. The average Bonchev–Trinajstić information content (AvgIpc) is 2.76. The Labute approximate surface area is 175 Å². The molecule has 0 aromatic carbocycles. The summed E-state index contributed by atoms with van der Waals surface area (Å²) in [5, 5.41) is 3.26. The lowest BCUT2D eigenvalue weighted by atomic mass is 9.82. The van der Waals surface area contributed by atoms with Crippen LogP contribution in [0.1, 0.15) is 106 Å². The molecule has 4 heteroatoms. The summed E-state index contributed by atoms with van der Waals surface area (Å²) >= 11 is 0. The lowest BCUT2D eigenvalue weighted by Gasteiger charge is -2.32. The molecule has 3 aliphatic rings. The van der Waals surface area contributed by atoms with Crippen LogP contribution in [0.15, 0.2) is 10.9 Å². The maximum absolute atomic E-state index is 13.5. The van der Waals surface area contributed by atoms with Crippen molar-refractivity contribution in [1.82, 2.24) is 9.88 Å². The van der Waals surface area contributed by atoms with Gasteiger partial charge in [-0.3, -0.25) is 9.59 Å². The summed E-state index contributed by atoms with van der Waals surface area (Å²) in [6, 6.07) is 2.16. The molecule has 4 nitrogen and oxygen atoms in total. The van der Waals surface area contributed by atoms with Crippen molar-refractivity contribution in [3.63, 3.8) is 0 Å². The number of hydrogen-bond acceptors (Lipinski definition) is 2. The molecule has 2 atom stereocenters. The summed E-state index contributed by atoms with van der Waals surface area (Å²) in [5.74, 6) is 1.01. The smallest absolute Gasteiger partial charge is 0.263 e. The topological polar surface area (TPSA) is 51.1 Å². The number of amides is 1. The first kappa shape index (κ1) is 20.7. The Hall–Kier alpha value is -1.58. The molecule has 160 valence electrons. The summed E-state index contributed by atoms with van der Waals surface area (Å²) in [6.45, 7) is 3.02. The van der Waals surface area contributed by atoms with Gasteiger partial charge in [-0.1, -0.05) is 45.4 Å². The second kappa shape index (κ2) is 9.49. The Balaban J connectivity index is 1.61. The maximum atomic E-state index is 13.5. The van der Waals surface area contributed by atoms with Crippen molar-refractivity contribution in [1.29, 1.82) is 0 Å². The fraction of sp³-hybridized carbons (Fsp3) is 0.760. The van der Waals surface area contributed by atoms with E-state index in [1.54, 1.807) is 0 Å². The Morgan fingerprint density at radius 3 is 2.52 bits per heavy atom. The number of rotatable bonds is 5. The second-order valence-electron chi connectivity index (χ2n) is 9.69. The summed E-state index contributed by atoms with van der Waals surface area (Å²) in [7, 11) is 0. The van der Waals surface area contributed by atoms with Crippen molar-refractivity contribution in [2.24, 2.45) is 11.8 Å². The quantitative estimate of drug-likeness (QED) is 0.758. The standard InChI is InChI=1S/C25H38N2O2/c1-2-19-12-6-8-14-22(19)26-24(28)21-16-20-13-7-9-15-23(20)27(25(21)29)17-18-10-4-3-5-11-18/h16,18-19,22H,2-15,17H2,1H3,(H,26,28). The largest absolute Gasteiger partial charge is 0.349 e. The number of hydrogen-bond donors (Lipinski definition) is 1. The number of carbonyl (C=O) groups is 1. The highest BCUT2D eigenvalue weighted by molar-refractivity contribution is 5.94. The molecule has 2 fully saturated rings. The van der Waals surface area contributed by atoms with Crippen LogP contribution in [-0.4, -0.2) is 16.5 Å². The highest BCUT2D eigenvalue weighted by Crippen LogP contribution is 2.29. The molecule has 4 rings (SSSR count). The van der Waals surface area contributed by atoms with E-state index < -0.39 is 0 Å². The van der Waals surface area contributed by atoms with E-state index in [2.05, 4.69) is 12.2 Å². The fourth-order valence-electron chi connectivity index (χ4n) is 6.00. The van der Waals surface area contributed by atoms with Gasteiger partial charge < -0.3 is 9.88 Å². The predicted octanol–water partition coefficient (Wildman–Crippen LogP) is 5.01. The summed E-state index contributed by atoms with van der Waals surface area (Å²) < 4.78 is 2.01. The first-order valence-electron chi connectivity index (χ1n) is 12.2. The van der Waals surface area contributed by atoms with Crippen molar-refractivity contribution in [2.75, 3.05) is 0 Å². The molecule has 2 unspecified atom stereocenters. The Morgan fingerprint density at radius 2 is 1.72 bits per heavy atom. The number of fused-ring (bicyclic) bond motifs is 1. The van der Waals surface area contributed by atoms with Crippen LogP contribution in [0.5, 0.6) is 0 Å². The molecule has 3 aliphatic carbocycles. The van der Waals surface area contributed by atoms with Crippen LogP contribution in [0.2, 0.25) is 0 Å². The van der Waals surface area contributed by atoms with Gasteiger partial charge in [0, 0.05) is 18.3 Å². The zero-order valence-electron chi connectivity index (χ0n) is 18.2. The van der Waals surface area contributed by atoms with E-state index in [4.69, 9.17) is 0 Å². The number of carbonyl (C=O) groups excluding carboxylic acids is 1. The number of nitrogens with one attached hydrogen (secondary N) is 1. The Bertz CT molecular complexity index is 776. The average molecular weight is 399 g/mol. The van der Waals surface area contributed by atoms with Gasteiger partial charge in [0.2, 0.25) is 0 Å². The molecule has 1 aromatic rings. The van der Waals surface area contributed by atoms with Crippen LogP contribution in [0.4, 0.5) is 0 Å². The minimum atomic E-state index is -0.133. The minimum Gasteiger partial charge on any atom is -0.349 e. The van der Waals surface area contributed by atoms with Crippen LogP contribution < -0.4 is 10.9 Å². The van der Waals surface area contributed by atoms with Crippen LogP contribution >= 0.6 is 0 Å². The van der Waals surface area contributed by atoms with E-state index in [9.17, 15) is 9.59 Å². The van der Waals surface area contributed by atoms with Crippen LogP contribution in [-0.2, 0) is 19.4 Å². The molecular weight excluding hydrogens is 360 g/mol. The van der Waals surface area contributed by atoms with Gasteiger partial charge >= 0.3 is 0 Å². The molecule has 0 saturated heterocycles. The predicted molar refractivity (Wildman–Crippen MR) is 117 cm³/mol. The molecule has 0 bridgehead atoms. The SMILES string of the molecule is CCC1CCCCC1NC(=O)c1cc2c(n(CC3CCCCC3)c1=O)CCCC2. The normalized spacial score (nSPS) is 25.4. The number of aromatic nitrogens is 1. The first-order chi connectivity index (χ1) is 14.2. The van der Waals surface area contributed by atoms with Crippen LogP contribution in [0, 0.1) is 11.8 Å². The van der Waals surface area contributed by atoms with Gasteiger partial charge in [0.05, 0.1) is 0 Å². The van der Waals surface area contributed by atoms with E-state index in [0.29, 0.717) is 17.4 Å². The molecule has 1 aromatic heterocycles. The number of aryl methyl sites for hydroxylation is 1. The van der Waals surface area contributed by atoms with Crippen LogP contribution in [0.25, 0.3) is 0 Å². The van der Waals surface area contributed by atoms with Gasteiger partial charge in [-0.25, -0.2) is 0 Å². The molecule has 1 amide bonds. The zero-order valence-corrected chi connectivity index (χ0v) is 18.2. The fourth-order valence-corrected chi connectivity index (χ4v) is 6.00. The molecular formula is C25H38N2O2. The van der Waals surface area contributed by atoms with E-state index in [-0.39, 0.29) is 17.5 Å². The Kier molecular flexibility index (Phi) is 6.77. The monoisotopic (exact) mass is 398 g/mol. The van der Waals surface area contributed by atoms with E-state index in [1.165, 1.54) is 62.6 Å². The summed E-state index contributed by atoms with van der Waals surface area (Å²) in [6.07, 6.45) is 16.4. The third kappa shape index (κ3) is 4.62. The highest BCUT2D eigenvalue weighted by atomic mass is 16.2. The molecule has 0 radical (unpaired) electrons. The minimum absolute atomic E-state index is 0.0439. The third-order valence-corrected chi connectivity index (χ3v) is 7.76. The van der Waals surface area contributed by atoms with Gasteiger partial charge in [0.15, 0.2) is 0 Å². The van der Waals surface area contributed by atoms with Crippen molar-refractivity contribution < 1.29 is 4.79 Å². The molecule has 2 saturated carbocycles. The van der Waals surface area contributed by atoms with Crippen molar-refractivity contribution in [3.8, 4) is 0 Å². The van der Waals surface area contributed by atoms with Crippen molar-refractivity contribution in [2.45, 2.75) is 109 Å². The number of nitrogens with zero attached hydrogens (tertiary/aromatic N) is 1. The van der Waals surface area contributed by atoms with Gasteiger partial charge in [0.1, 0.15) is 5.56 Å². The van der Waals surface area contributed by atoms with Gasteiger partial charge in [0.25, 0.3) is 11.5 Å². The Morgan fingerprint density at radius 1 is 1.00 bits per heavy atom. The van der Waals surface area contributed by atoms with Gasteiger partial charge in [-0.2, -0.15) is 0 Å². The summed E-state index contributed by atoms with van der Waals surface area (Å²) in [5.41, 5.74) is 2.81. The van der Waals surface area contributed by atoms with Crippen molar-refractivity contribution in [3.05, 3.63) is 33.2 Å². The second-order valence-corrected chi connectivity index (χ2v) is 9.69. The van der Waals surface area contributed by atoms with E-state index >= 15 is 0 Å². The highest BCUT2D eigenvalue weighted by Gasteiger charge is 2.28. The first-order valence-corrected chi connectivity index (χ1v) is 12.2. The van der Waals surface area contributed by atoms with E-state index in [0.717, 1.165) is 45.1 Å². The van der Waals surface area contributed by atoms with Crippen molar-refractivity contribution >= 4 is 5.91 Å². The lowest BCUT2D eigenvalue weighted by Crippen LogP contribution is -2.44. The lowest BCUT2D eigenvalue weighted by molar-refractivity contribution is 0.0902. The summed E-state index contributed by atoms with van der Waals surface area (Å²) in [4.78, 5) is 26.7. The zero-order chi connectivity index (χ0) is 20.2. The van der Waals surface area contributed by atoms with Gasteiger partial charge in [-0.05, 0) is 74.8 Å². The van der Waals surface area contributed by atoms with Crippen LogP contribution in [0.3, 0.4) is 0 Å². The number of pyridine rings is 1. The molecule has 0 aliphatic heterocycles. The van der Waals surface area contributed by atoms with Gasteiger partial charge in [-0.15, -0.1) is 0 Å². The van der Waals surface area contributed by atoms with E-state index in [1.807, 2.05) is 10.6 Å². The maximum Gasteiger partial charge on any atom is 0.263 e.